The largest absolute Gasteiger partial charge is 0.389 e. The molecule has 0 aliphatic carbocycles. The summed E-state index contributed by atoms with van der Waals surface area (Å²) in [5.74, 6) is 0. The first-order valence-electron chi connectivity index (χ1n) is 5.75. The van der Waals surface area contributed by atoms with Gasteiger partial charge in [0.15, 0.2) is 0 Å². The van der Waals surface area contributed by atoms with Crippen LogP contribution < -0.4 is 5.32 Å². The van der Waals surface area contributed by atoms with Gasteiger partial charge in [-0.3, -0.25) is 0 Å². The summed E-state index contributed by atoms with van der Waals surface area (Å²) in [5, 5.41) is 12.6. The minimum absolute atomic E-state index is 0.241. The summed E-state index contributed by atoms with van der Waals surface area (Å²) in [6.45, 7) is 9.12. The molecule has 0 aromatic rings. The Kier molecular flexibility index (Phi) is 10.3. The number of hydrogen-bond acceptors (Lipinski definition) is 4. The van der Waals surface area contributed by atoms with Crippen molar-refractivity contribution in [2.45, 2.75) is 39.4 Å². The van der Waals surface area contributed by atoms with E-state index in [0.29, 0.717) is 26.4 Å². The van der Waals surface area contributed by atoms with Crippen LogP contribution in [0.15, 0.2) is 0 Å². The van der Waals surface area contributed by atoms with Crippen LogP contribution in [0.3, 0.4) is 0 Å². The van der Waals surface area contributed by atoms with Crippen LogP contribution in [0.1, 0.15) is 27.2 Å². The molecule has 0 aromatic heterocycles. The van der Waals surface area contributed by atoms with Gasteiger partial charge in [0.2, 0.25) is 0 Å². The molecule has 0 aliphatic heterocycles. The quantitative estimate of drug-likeness (QED) is 0.533. The normalized spacial score (nSPS) is 13.4. The highest BCUT2D eigenvalue weighted by Gasteiger charge is 2.02. The second kappa shape index (κ2) is 10.4. The van der Waals surface area contributed by atoms with Crippen LogP contribution in [0.5, 0.6) is 0 Å². The van der Waals surface area contributed by atoms with E-state index in [1.54, 1.807) is 0 Å². The van der Waals surface area contributed by atoms with Gasteiger partial charge in [0.25, 0.3) is 0 Å². The average molecular weight is 219 g/mol. The van der Waals surface area contributed by atoms with Gasteiger partial charge < -0.3 is 19.9 Å². The Bertz CT molecular complexity index is 131. The summed E-state index contributed by atoms with van der Waals surface area (Å²) in [6.07, 6.45) is 0.899. The maximum atomic E-state index is 9.46. The van der Waals surface area contributed by atoms with Crippen molar-refractivity contribution in [3.8, 4) is 0 Å². The zero-order valence-electron chi connectivity index (χ0n) is 10.2. The number of ether oxygens (including phenoxy) is 2. The molecule has 0 aliphatic rings. The first-order valence-corrected chi connectivity index (χ1v) is 5.75. The van der Waals surface area contributed by atoms with Crippen molar-refractivity contribution < 1.29 is 14.6 Å². The third-order valence-corrected chi connectivity index (χ3v) is 1.80. The highest BCUT2D eigenvalue weighted by Crippen LogP contribution is 1.89. The predicted molar refractivity (Wildman–Crippen MR) is 61.1 cm³/mol. The highest BCUT2D eigenvalue weighted by molar-refractivity contribution is 4.57. The van der Waals surface area contributed by atoms with Gasteiger partial charge in [0.05, 0.1) is 32.0 Å². The van der Waals surface area contributed by atoms with Gasteiger partial charge in [-0.2, -0.15) is 0 Å². The van der Waals surface area contributed by atoms with E-state index in [0.717, 1.165) is 13.0 Å². The Morgan fingerprint density at radius 2 is 2.00 bits per heavy atom. The van der Waals surface area contributed by atoms with Crippen LogP contribution >= 0.6 is 0 Å². The van der Waals surface area contributed by atoms with E-state index in [-0.39, 0.29) is 6.10 Å². The molecule has 1 atom stereocenters. The zero-order valence-corrected chi connectivity index (χ0v) is 10.2. The predicted octanol–water partition coefficient (Wildman–Crippen LogP) is 0.788. The van der Waals surface area contributed by atoms with E-state index in [4.69, 9.17) is 9.47 Å². The molecule has 4 nitrogen and oxygen atoms in total. The third-order valence-electron chi connectivity index (χ3n) is 1.80. The first-order chi connectivity index (χ1) is 7.16. The molecule has 0 saturated carbocycles. The standard InChI is InChI=1S/C11H25NO3/c1-4-5-12-8-11(13)9-14-6-7-15-10(2)3/h10-13H,4-9H2,1-3H3. The van der Waals surface area contributed by atoms with Crippen molar-refractivity contribution >= 4 is 0 Å². The second-order valence-electron chi connectivity index (χ2n) is 3.85. The van der Waals surface area contributed by atoms with Crippen molar-refractivity contribution in [2.75, 3.05) is 32.9 Å². The van der Waals surface area contributed by atoms with Gasteiger partial charge in [-0.1, -0.05) is 6.92 Å². The molecule has 0 bridgehead atoms. The fraction of sp³-hybridized carbons (Fsp3) is 1.00. The topological polar surface area (TPSA) is 50.7 Å². The molecular weight excluding hydrogens is 194 g/mol. The molecule has 0 radical (unpaired) electrons. The Balaban J connectivity index is 3.13. The first kappa shape index (κ1) is 14.8. The van der Waals surface area contributed by atoms with Crippen molar-refractivity contribution in [3.63, 3.8) is 0 Å². The van der Waals surface area contributed by atoms with E-state index in [9.17, 15) is 5.11 Å². The number of hydrogen-bond donors (Lipinski definition) is 2. The Morgan fingerprint density at radius 3 is 2.60 bits per heavy atom. The van der Waals surface area contributed by atoms with Crippen molar-refractivity contribution in [1.29, 1.82) is 0 Å². The maximum absolute atomic E-state index is 9.46. The van der Waals surface area contributed by atoms with Crippen LogP contribution in [0.25, 0.3) is 0 Å². The lowest BCUT2D eigenvalue weighted by Crippen LogP contribution is -2.31. The van der Waals surface area contributed by atoms with E-state index >= 15 is 0 Å². The molecule has 0 aromatic carbocycles. The van der Waals surface area contributed by atoms with E-state index in [1.807, 2.05) is 13.8 Å². The second-order valence-corrected chi connectivity index (χ2v) is 3.85. The monoisotopic (exact) mass is 219 g/mol. The van der Waals surface area contributed by atoms with Gasteiger partial charge in [0, 0.05) is 6.54 Å². The van der Waals surface area contributed by atoms with E-state index in [2.05, 4.69) is 12.2 Å². The minimum atomic E-state index is -0.421. The molecule has 15 heavy (non-hydrogen) atoms. The van der Waals surface area contributed by atoms with Crippen LogP contribution in [0.2, 0.25) is 0 Å². The number of aliphatic hydroxyl groups excluding tert-OH is 1. The highest BCUT2D eigenvalue weighted by atomic mass is 16.5. The molecule has 1 unspecified atom stereocenters. The van der Waals surface area contributed by atoms with E-state index < -0.39 is 6.10 Å². The molecule has 4 heteroatoms. The third kappa shape index (κ3) is 11.8. The van der Waals surface area contributed by atoms with Gasteiger partial charge in [-0.05, 0) is 26.8 Å². The molecule has 0 amide bonds. The zero-order chi connectivity index (χ0) is 11.5. The summed E-state index contributed by atoms with van der Waals surface area (Å²) in [6, 6.07) is 0. The number of aliphatic hydroxyl groups is 1. The fourth-order valence-electron chi connectivity index (χ4n) is 1.07. The van der Waals surface area contributed by atoms with Gasteiger partial charge in [-0.15, -0.1) is 0 Å². The van der Waals surface area contributed by atoms with Gasteiger partial charge in [-0.25, -0.2) is 0 Å². The van der Waals surface area contributed by atoms with Gasteiger partial charge >= 0.3 is 0 Å². The SMILES string of the molecule is CCCNCC(O)COCCOC(C)C. The summed E-state index contributed by atoms with van der Waals surface area (Å²) in [4.78, 5) is 0. The molecule has 2 N–H and O–H groups in total. The smallest absolute Gasteiger partial charge is 0.0897 e. The van der Waals surface area contributed by atoms with Crippen molar-refractivity contribution in [1.82, 2.24) is 5.32 Å². The van der Waals surface area contributed by atoms with Crippen molar-refractivity contribution in [3.05, 3.63) is 0 Å². The van der Waals surface area contributed by atoms with Crippen LogP contribution in [-0.4, -0.2) is 50.2 Å². The molecule has 0 spiro atoms. The lowest BCUT2D eigenvalue weighted by molar-refractivity contribution is -0.00990. The van der Waals surface area contributed by atoms with E-state index in [1.165, 1.54) is 0 Å². The average Bonchev–Trinajstić information content (AvgIpc) is 2.17. The summed E-state index contributed by atoms with van der Waals surface area (Å²) in [7, 11) is 0. The lowest BCUT2D eigenvalue weighted by Gasteiger charge is -2.12. The summed E-state index contributed by atoms with van der Waals surface area (Å²) in [5.41, 5.74) is 0. The molecule has 0 fully saturated rings. The summed E-state index contributed by atoms with van der Waals surface area (Å²) >= 11 is 0. The molecule has 0 heterocycles. The number of nitrogens with one attached hydrogen (secondary N) is 1. The van der Waals surface area contributed by atoms with Crippen LogP contribution in [0, 0.1) is 0 Å². The minimum Gasteiger partial charge on any atom is -0.389 e. The van der Waals surface area contributed by atoms with Crippen LogP contribution in [-0.2, 0) is 9.47 Å². The molecule has 0 saturated heterocycles. The molecule has 92 valence electrons. The summed E-state index contributed by atoms with van der Waals surface area (Å²) < 4.78 is 10.6. The molecular formula is C11H25NO3. The Labute approximate surface area is 93.0 Å². The Hall–Kier alpha value is -0.160. The van der Waals surface area contributed by atoms with Crippen molar-refractivity contribution in [2.24, 2.45) is 0 Å². The fourth-order valence-corrected chi connectivity index (χ4v) is 1.07. The number of rotatable bonds is 10. The maximum Gasteiger partial charge on any atom is 0.0897 e. The molecule has 0 rings (SSSR count). The van der Waals surface area contributed by atoms with Crippen LogP contribution in [0.4, 0.5) is 0 Å². The Morgan fingerprint density at radius 1 is 1.27 bits per heavy atom. The van der Waals surface area contributed by atoms with Gasteiger partial charge in [0.1, 0.15) is 0 Å². The lowest BCUT2D eigenvalue weighted by atomic mass is 10.3.